The molecule has 3 rings (SSSR count). The van der Waals surface area contributed by atoms with Crippen LogP contribution < -0.4 is 10.6 Å². The number of nitrogens with zero attached hydrogens (tertiary/aromatic N) is 7. The Kier molecular flexibility index (Phi) is 5.84. The van der Waals surface area contributed by atoms with Crippen molar-refractivity contribution < 1.29 is 0 Å². The second-order valence-corrected chi connectivity index (χ2v) is 9.11. The number of anilines is 2. The van der Waals surface area contributed by atoms with Gasteiger partial charge in [-0.3, -0.25) is 4.57 Å². The summed E-state index contributed by atoms with van der Waals surface area (Å²) < 4.78 is 1.74. The lowest BCUT2D eigenvalue weighted by Crippen LogP contribution is -2.09. The van der Waals surface area contributed by atoms with Crippen LogP contribution in [-0.4, -0.2) is 28.6 Å². The van der Waals surface area contributed by atoms with E-state index in [9.17, 15) is 5.26 Å². The maximum atomic E-state index is 9.34. The third-order valence-electron chi connectivity index (χ3n) is 4.45. The van der Waals surface area contributed by atoms with Crippen LogP contribution in [0, 0.1) is 11.3 Å². The molecule has 8 nitrogen and oxygen atoms in total. The van der Waals surface area contributed by atoms with Crippen molar-refractivity contribution in [3.63, 3.8) is 0 Å². The first kappa shape index (κ1) is 20.7. The zero-order valence-corrected chi connectivity index (χ0v) is 18.3. The van der Waals surface area contributed by atoms with Gasteiger partial charge in [0, 0.05) is 26.1 Å². The Bertz CT molecular complexity index is 1020. The molecule has 1 aliphatic rings. The molecule has 0 bridgehead atoms. The molecule has 152 valence electrons. The van der Waals surface area contributed by atoms with Crippen LogP contribution in [0.4, 0.5) is 22.7 Å². The molecule has 2 N–H and O–H groups in total. The van der Waals surface area contributed by atoms with Crippen LogP contribution >= 0.6 is 11.3 Å². The minimum Gasteiger partial charge on any atom is -0.383 e. The zero-order chi connectivity index (χ0) is 21.2. The quantitative estimate of drug-likeness (QED) is 0.709. The first-order chi connectivity index (χ1) is 13.7. The molecule has 0 radical (unpaired) electrons. The summed E-state index contributed by atoms with van der Waals surface area (Å²) in [5.41, 5.74) is 7.40. The van der Waals surface area contributed by atoms with E-state index in [4.69, 9.17) is 5.73 Å². The molecule has 0 spiro atoms. The highest BCUT2D eigenvalue weighted by atomic mass is 32.1. The van der Waals surface area contributed by atoms with Gasteiger partial charge in [0.1, 0.15) is 11.9 Å². The van der Waals surface area contributed by atoms with Crippen molar-refractivity contribution in [1.29, 1.82) is 5.26 Å². The number of allylic oxidation sites excluding steroid dienone is 4. The Labute approximate surface area is 175 Å². The molecule has 2 heterocycles. The number of nitriles is 1. The number of imidazole rings is 1. The van der Waals surface area contributed by atoms with Crippen LogP contribution in [0.3, 0.4) is 0 Å². The molecule has 0 aliphatic heterocycles. The predicted octanol–water partition coefficient (Wildman–Crippen LogP) is 4.85. The van der Waals surface area contributed by atoms with Crippen molar-refractivity contribution in [2.45, 2.75) is 45.6 Å². The summed E-state index contributed by atoms with van der Waals surface area (Å²) >= 11 is 1.60. The van der Waals surface area contributed by atoms with Gasteiger partial charge in [-0.15, -0.1) is 10.2 Å². The van der Waals surface area contributed by atoms with Gasteiger partial charge in [0.15, 0.2) is 16.6 Å². The first-order valence-electron chi connectivity index (χ1n) is 9.41. The van der Waals surface area contributed by atoms with Crippen LogP contribution in [0.5, 0.6) is 0 Å². The molecule has 0 saturated carbocycles. The molecule has 0 unspecified atom stereocenters. The molecule has 0 amide bonds. The normalized spacial score (nSPS) is 14.3. The number of hydrogen-bond donors (Lipinski definition) is 1. The topological polar surface area (TPSA) is 108 Å². The summed E-state index contributed by atoms with van der Waals surface area (Å²) in [6.45, 7) is 6.89. The van der Waals surface area contributed by atoms with Crippen molar-refractivity contribution in [2.24, 2.45) is 10.2 Å². The van der Waals surface area contributed by atoms with Crippen LogP contribution in [0.2, 0.25) is 0 Å². The SMILES string of the molecule is CN(C)c1nc(N=Nc2nc(C#N)c(N)n2CC2=CC=CCC2)c(C(C)(C)C)s1. The summed E-state index contributed by atoms with van der Waals surface area (Å²) in [5.74, 6) is 1.19. The van der Waals surface area contributed by atoms with Gasteiger partial charge in [0.05, 0.1) is 4.88 Å². The molecular weight excluding hydrogens is 384 g/mol. The lowest BCUT2D eigenvalue weighted by Gasteiger charge is -2.15. The average Bonchev–Trinajstić information content (AvgIpc) is 3.23. The summed E-state index contributed by atoms with van der Waals surface area (Å²) in [6.07, 6.45) is 8.16. The molecule has 2 aromatic rings. The van der Waals surface area contributed by atoms with Gasteiger partial charge >= 0.3 is 0 Å². The van der Waals surface area contributed by atoms with Crippen LogP contribution in [0.1, 0.15) is 44.2 Å². The molecule has 2 aromatic heterocycles. The third kappa shape index (κ3) is 4.54. The smallest absolute Gasteiger partial charge is 0.252 e. The van der Waals surface area contributed by atoms with Crippen molar-refractivity contribution in [3.8, 4) is 6.07 Å². The van der Waals surface area contributed by atoms with Gasteiger partial charge in [0.25, 0.3) is 5.95 Å². The number of nitrogen functional groups attached to an aromatic ring is 1. The molecule has 0 aromatic carbocycles. The maximum Gasteiger partial charge on any atom is 0.252 e. The minimum absolute atomic E-state index is 0.119. The highest BCUT2D eigenvalue weighted by molar-refractivity contribution is 7.16. The second-order valence-electron chi connectivity index (χ2n) is 8.13. The van der Waals surface area contributed by atoms with E-state index in [1.54, 1.807) is 15.9 Å². The summed E-state index contributed by atoms with van der Waals surface area (Å²) in [7, 11) is 3.90. The Morgan fingerprint density at radius 3 is 2.66 bits per heavy atom. The highest BCUT2D eigenvalue weighted by Gasteiger charge is 2.24. The van der Waals surface area contributed by atoms with E-state index < -0.39 is 0 Å². The summed E-state index contributed by atoms with van der Waals surface area (Å²) in [4.78, 5) is 11.9. The number of rotatable bonds is 5. The van der Waals surface area contributed by atoms with E-state index in [0.29, 0.717) is 24.1 Å². The fraction of sp³-hybridized carbons (Fsp3) is 0.450. The van der Waals surface area contributed by atoms with Crippen molar-refractivity contribution in [2.75, 3.05) is 24.7 Å². The predicted molar refractivity (Wildman–Crippen MR) is 117 cm³/mol. The second kappa shape index (κ2) is 8.17. The van der Waals surface area contributed by atoms with Crippen molar-refractivity contribution >= 4 is 34.1 Å². The third-order valence-corrected chi connectivity index (χ3v) is 6.09. The Balaban J connectivity index is 2.00. The highest BCUT2D eigenvalue weighted by Crippen LogP contribution is 2.40. The number of azo groups is 1. The van der Waals surface area contributed by atoms with Crippen molar-refractivity contribution in [3.05, 3.63) is 34.4 Å². The monoisotopic (exact) mass is 410 g/mol. The Morgan fingerprint density at radius 1 is 1.31 bits per heavy atom. The molecule has 9 heteroatoms. The largest absolute Gasteiger partial charge is 0.383 e. The number of aromatic nitrogens is 3. The van der Waals surface area contributed by atoms with Gasteiger partial charge in [-0.25, -0.2) is 0 Å². The van der Waals surface area contributed by atoms with E-state index in [1.165, 1.54) is 5.57 Å². The summed E-state index contributed by atoms with van der Waals surface area (Å²) in [5, 5.41) is 19.0. The molecular formula is C20H26N8S. The van der Waals surface area contributed by atoms with Crippen molar-refractivity contribution in [1.82, 2.24) is 14.5 Å². The number of thiazole rings is 1. The number of nitrogens with two attached hydrogens (primary N) is 1. The zero-order valence-electron chi connectivity index (χ0n) is 17.5. The summed E-state index contributed by atoms with van der Waals surface area (Å²) in [6, 6.07) is 2.03. The van der Waals surface area contributed by atoms with E-state index in [1.807, 2.05) is 31.1 Å². The lowest BCUT2D eigenvalue weighted by atomic mass is 9.95. The Hall–Kier alpha value is -2.99. The van der Waals surface area contributed by atoms with Gasteiger partial charge in [-0.2, -0.15) is 15.2 Å². The van der Waals surface area contributed by atoms with Gasteiger partial charge in [-0.05, 0) is 12.8 Å². The van der Waals surface area contributed by atoms with E-state index in [2.05, 4.69) is 53.1 Å². The first-order valence-corrected chi connectivity index (χ1v) is 10.2. The fourth-order valence-electron chi connectivity index (χ4n) is 2.90. The average molecular weight is 411 g/mol. The van der Waals surface area contributed by atoms with Gasteiger partial charge < -0.3 is 10.6 Å². The molecule has 29 heavy (non-hydrogen) atoms. The van der Waals surface area contributed by atoms with E-state index in [-0.39, 0.29) is 11.1 Å². The maximum absolute atomic E-state index is 9.34. The lowest BCUT2D eigenvalue weighted by molar-refractivity contribution is 0.603. The Morgan fingerprint density at radius 2 is 2.07 bits per heavy atom. The molecule has 0 fully saturated rings. The van der Waals surface area contributed by atoms with Gasteiger partial charge in [-0.1, -0.05) is 55.9 Å². The standard InChI is InChI=1S/C20H26N8S/c1-20(2,3)15-17(24-19(29-15)27(4)5)25-26-18-23-14(11-21)16(22)28(18)12-13-9-7-6-8-10-13/h6-7,9H,8,10,12,22H2,1-5H3. The van der Waals surface area contributed by atoms with E-state index in [0.717, 1.165) is 22.9 Å². The number of hydrogen-bond acceptors (Lipinski definition) is 8. The van der Waals surface area contributed by atoms with Gasteiger partial charge in [0.2, 0.25) is 0 Å². The van der Waals surface area contributed by atoms with E-state index >= 15 is 0 Å². The van der Waals surface area contributed by atoms with Crippen LogP contribution in [-0.2, 0) is 12.0 Å². The van der Waals surface area contributed by atoms with Crippen LogP contribution in [0.25, 0.3) is 0 Å². The minimum atomic E-state index is -0.119. The molecule has 0 atom stereocenters. The molecule has 0 saturated heterocycles. The van der Waals surface area contributed by atoms with Crippen LogP contribution in [0.15, 0.2) is 34.0 Å². The molecule has 1 aliphatic carbocycles. The fourth-order valence-corrected chi connectivity index (χ4v) is 3.88.